The van der Waals surface area contributed by atoms with Gasteiger partial charge >= 0.3 is 0 Å². The molecule has 1 aliphatic rings. The van der Waals surface area contributed by atoms with E-state index in [1.165, 1.54) is 6.42 Å². The Labute approximate surface area is 146 Å². The summed E-state index contributed by atoms with van der Waals surface area (Å²) in [6, 6.07) is 7.69. The van der Waals surface area contributed by atoms with Gasteiger partial charge in [0.1, 0.15) is 5.75 Å². The molecule has 0 aromatic heterocycles. The molecule has 0 bridgehead atoms. The van der Waals surface area contributed by atoms with Gasteiger partial charge in [-0.3, -0.25) is 4.79 Å². The van der Waals surface area contributed by atoms with Crippen molar-refractivity contribution in [2.75, 3.05) is 6.54 Å². The van der Waals surface area contributed by atoms with E-state index in [1.807, 2.05) is 24.3 Å². The van der Waals surface area contributed by atoms with Gasteiger partial charge in [-0.1, -0.05) is 34.8 Å². The predicted octanol–water partition coefficient (Wildman–Crippen LogP) is 3.27. The van der Waals surface area contributed by atoms with Gasteiger partial charge in [0.15, 0.2) is 6.10 Å². The Morgan fingerprint density at radius 2 is 2.18 bits per heavy atom. The fraction of sp³-hybridized carbons (Fsp3) is 0.562. The summed E-state index contributed by atoms with van der Waals surface area (Å²) in [5.74, 6) is 1.01. The number of carbonyl (C=O) groups is 1. The van der Waals surface area contributed by atoms with Crippen LogP contribution < -0.4 is 15.8 Å². The molecule has 0 saturated heterocycles. The first-order valence-electron chi connectivity index (χ1n) is 7.53. The standard InChI is InChI=1S/C16H23BrN2O2.ClH/c1-11(21-14-7-4-6-13(17)9-14)16(20)19-15-8-3-2-5-12(15)10-18;/h4,6-7,9,11-12,15H,2-3,5,8,10,18H2,1H3,(H,19,20);1H. The minimum Gasteiger partial charge on any atom is -0.481 e. The van der Waals surface area contributed by atoms with Crippen LogP contribution in [0.2, 0.25) is 0 Å². The van der Waals surface area contributed by atoms with E-state index < -0.39 is 6.10 Å². The Morgan fingerprint density at radius 1 is 1.45 bits per heavy atom. The van der Waals surface area contributed by atoms with Crippen LogP contribution >= 0.6 is 28.3 Å². The molecule has 1 fully saturated rings. The maximum Gasteiger partial charge on any atom is 0.261 e. The summed E-state index contributed by atoms with van der Waals surface area (Å²) < 4.78 is 6.63. The highest BCUT2D eigenvalue weighted by molar-refractivity contribution is 9.10. The van der Waals surface area contributed by atoms with Gasteiger partial charge in [-0.05, 0) is 50.4 Å². The lowest BCUT2D eigenvalue weighted by Gasteiger charge is -2.32. The highest BCUT2D eigenvalue weighted by Gasteiger charge is 2.27. The Kier molecular flexibility index (Phi) is 8.21. The molecule has 1 aromatic carbocycles. The fourth-order valence-corrected chi connectivity index (χ4v) is 3.16. The molecular weight excluding hydrogens is 368 g/mol. The minimum absolute atomic E-state index is 0. The average molecular weight is 392 g/mol. The van der Waals surface area contributed by atoms with Crippen molar-refractivity contribution in [3.8, 4) is 5.75 Å². The molecule has 0 aliphatic heterocycles. The Bertz CT molecular complexity index is 487. The van der Waals surface area contributed by atoms with Gasteiger partial charge in [-0.2, -0.15) is 0 Å². The van der Waals surface area contributed by atoms with Gasteiger partial charge < -0.3 is 15.8 Å². The van der Waals surface area contributed by atoms with Crippen molar-refractivity contribution >= 4 is 34.2 Å². The second-order valence-corrected chi connectivity index (χ2v) is 6.53. The zero-order valence-electron chi connectivity index (χ0n) is 12.8. The zero-order chi connectivity index (χ0) is 15.2. The highest BCUT2D eigenvalue weighted by atomic mass is 79.9. The van der Waals surface area contributed by atoms with Crippen LogP contribution in [0.25, 0.3) is 0 Å². The van der Waals surface area contributed by atoms with Crippen molar-refractivity contribution in [1.29, 1.82) is 0 Å². The third kappa shape index (κ3) is 5.45. The molecule has 124 valence electrons. The van der Waals surface area contributed by atoms with Crippen molar-refractivity contribution in [2.45, 2.75) is 44.8 Å². The molecule has 0 spiro atoms. The van der Waals surface area contributed by atoms with Crippen LogP contribution in [0.3, 0.4) is 0 Å². The van der Waals surface area contributed by atoms with Gasteiger partial charge in [0.25, 0.3) is 5.91 Å². The zero-order valence-corrected chi connectivity index (χ0v) is 15.2. The lowest BCUT2D eigenvalue weighted by Crippen LogP contribution is -2.48. The molecule has 0 radical (unpaired) electrons. The molecule has 2 rings (SSSR count). The van der Waals surface area contributed by atoms with E-state index in [9.17, 15) is 4.79 Å². The third-order valence-electron chi connectivity index (χ3n) is 4.02. The maximum atomic E-state index is 12.3. The van der Waals surface area contributed by atoms with E-state index in [-0.39, 0.29) is 24.4 Å². The Balaban J connectivity index is 0.00000242. The Hall–Kier alpha value is -0.780. The summed E-state index contributed by atoms with van der Waals surface area (Å²) in [7, 11) is 0. The minimum atomic E-state index is -0.514. The van der Waals surface area contributed by atoms with Crippen molar-refractivity contribution in [1.82, 2.24) is 5.32 Å². The smallest absolute Gasteiger partial charge is 0.261 e. The van der Waals surface area contributed by atoms with Gasteiger partial charge in [0, 0.05) is 10.5 Å². The monoisotopic (exact) mass is 390 g/mol. The number of halogens is 2. The summed E-state index contributed by atoms with van der Waals surface area (Å²) >= 11 is 3.39. The fourth-order valence-electron chi connectivity index (χ4n) is 2.78. The van der Waals surface area contributed by atoms with Gasteiger partial charge in [0.2, 0.25) is 0 Å². The molecule has 1 amide bonds. The summed E-state index contributed by atoms with van der Waals surface area (Å²) in [6.07, 6.45) is 3.96. The lowest BCUT2D eigenvalue weighted by atomic mass is 9.84. The summed E-state index contributed by atoms with van der Waals surface area (Å²) in [4.78, 5) is 12.3. The molecule has 1 saturated carbocycles. The number of rotatable bonds is 5. The number of hydrogen-bond donors (Lipinski definition) is 2. The van der Waals surface area contributed by atoms with Crippen LogP contribution in [0, 0.1) is 5.92 Å². The lowest BCUT2D eigenvalue weighted by molar-refractivity contribution is -0.128. The van der Waals surface area contributed by atoms with Gasteiger partial charge in [-0.25, -0.2) is 0 Å². The highest BCUT2D eigenvalue weighted by Crippen LogP contribution is 2.24. The first-order chi connectivity index (χ1) is 10.1. The predicted molar refractivity (Wildman–Crippen MR) is 94.4 cm³/mol. The topological polar surface area (TPSA) is 64.3 Å². The molecule has 0 heterocycles. The normalized spacial score (nSPS) is 22.3. The Morgan fingerprint density at radius 3 is 2.86 bits per heavy atom. The molecular formula is C16H24BrClN2O2. The van der Waals surface area contributed by atoms with Gasteiger partial charge in [-0.15, -0.1) is 12.4 Å². The van der Waals surface area contributed by atoms with Crippen LogP contribution in [0.4, 0.5) is 0 Å². The van der Waals surface area contributed by atoms with Crippen LogP contribution in [-0.4, -0.2) is 24.6 Å². The van der Waals surface area contributed by atoms with Crippen LogP contribution in [0.1, 0.15) is 32.6 Å². The van der Waals surface area contributed by atoms with E-state index in [1.54, 1.807) is 6.92 Å². The largest absolute Gasteiger partial charge is 0.481 e. The number of ether oxygens (including phenoxy) is 1. The second kappa shape index (κ2) is 9.38. The van der Waals surface area contributed by atoms with Crippen molar-refractivity contribution < 1.29 is 9.53 Å². The third-order valence-corrected chi connectivity index (χ3v) is 4.51. The first-order valence-corrected chi connectivity index (χ1v) is 8.32. The number of amides is 1. The molecule has 1 aliphatic carbocycles. The molecule has 3 unspecified atom stereocenters. The van der Waals surface area contributed by atoms with E-state index in [0.29, 0.717) is 18.2 Å². The molecule has 3 N–H and O–H groups in total. The van der Waals surface area contributed by atoms with E-state index in [2.05, 4.69) is 21.2 Å². The molecule has 3 atom stereocenters. The summed E-state index contributed by atoms with van der Waals surface area (Å²) in [6.45, 7) is 2.41. The summed E-state index contributed by atoms with van der Waals surface area (Å²) in [5, 5.41) is 3.10. The number of hydrogen-bond acceptors (Lipinski definition) is 3. The van der Waals surface area contributed by atoms with E-state index >= 15 is 0 Å². The maximum absolute atomic E-state index is 12.3. The quantitative estimate of drug-likeness (QED) is 0.809. The number of benzene rings is 1. The number of nitrogens with one attached hydrogen (secondary N) is 1. The molecule has 6 heteroatoms. The SMILES string of the molecule is CC(Oc1cccc(Br)c1)C(=O)NC1CCCCC1CN.Cl. The average Bonchev–Trinajstić information content (AvgIpc) is 2.47. The summed E-state index contributed by atoms with van der Waals surface area (Å²) in [5.41, 5.74) is 5.80. The molecule has 22 heavy (non-hydrogen) atoms. The molecule has 4 nitrogen and oxygen atoms in total. The first kappa shape index (κ1) is 19.3. The van der Waals surface area contributed by atoms with Crippen molar-refractivity contribution in [2.24, 2.45) is 11.7 Å². The van der Waals surface area contributed by atoms with Crippen molar-refractivity contribution in [3.05, 3.63) is 28.7 Å². The van der Waals surface area contributed by atoms with Crippen LogP contribution in [0.5, 0.6) is 5.75 Å². The van der Waals surface area contributed by atoms with E-state index in [4.69, 9.17) is 10.5 Å². The second-order valence-electron chi connectivity index (χ2n) is 5.61. The van der Waals surface area contributed by atoms with Crippen LogP contribution in [-0.2, 0) is 4.79 Å². The number of nitrogens with two attached hydrogens (primary N) is 1. The van der Waals surface area contributed by atoms with Gasteiger partial charge in [0.05, 0.1) is 0 Å². The van der Waals surface area contributed by atoms with Crippen molar-refractivity contribution in [3.63, 3.8) is 0 Å². The number of carbonyl (C=O) groups excluding carboxylic acids is 1. The van der Waals surface area contributed by atoms with Crippen LogP contribution in [0.15, 0.2) is 28.7 Å². The molecule has 1 aromatic rings. The van der Waals surface area contributed by atoms with E-state index in [0.717, 1.165) is 23.7 Å².